The number of aryl methyl sites for hydroxylation is 1. The highest BCUT2D eigenvalue weighted by Crippen LogP contribution is 2.15. The van der Waals surface area contributed by atoms with E-state index in [0.29, 0.717) is 11.3 Å². The maximum absolute atomic E-state index is 13.7. The monoisotopic (exact) mass is 278 g/mol. The molecule has 106 valence electrons. The number of aromatic carboxylic acids is 1. The number of benzene rings is 1. The van der Waals surface area contributed by atoms with Crippen LogP contribution in [0.2, 0.25) is 0 Å². The van der Waals surface area contributed by atoms with Gasteiger partial charge in [-0.25, -0.2) is 9.18 Å². The maximum atomic E-state index is 13.7. The first-order chi connectivity index (χ1) is 9.60. The van der Waals surface area contributed by atoms with Gasteiger partial charge in [0.05, 0.1) is 18.0 Å². The minimum atomic E-state index is -1.16. The van der Waals surface area contributed by atoms with Gasteiger partial charge in [0.1, 0.15) is 12.4 Å². The number of nitrogens with zero attached hydrogens (tertiary/aromatic N) is 2. The Morgan fingerprint density at radius 1 is 1.50 bits per heavy atom. The van der Waals surface area contributed by atoms with Gasteiger partial charge in [-0.15, -0.1) is 0 Å². The summed E-state index contributed by atoms with van der Waals surface area (Å²) in [6.07, 6.45) is 4.28. The van der Waals surface area contributed by atoms with Crippen molar-refractivity contribution in [1.29, 1.82) is 0 Å². The Kier molecular flexibility index (Phi) is 4.34. The summed E-state index contributed by atoms with van der Waals surface area (Å²) in [5, 5.41) is 12.9. The van der Waals surface area contributed by atoms with Crippen LogP contribution in [0.3, 0.4) is 0 Å². The number of carboxylic acids is 1. The van der Waals surface area contributed by atoms with Crippen molar-refractivity contribution in [3.63, 3.8) is 0 Å². The number of ether oxygens (including phenoxy) is 1. The second kappa shape index (κ2) is 6.18. The lowest BCUT2D eigenvalue weighted by molar-refractivity contribution is 0.0696. The molecule has 0 amide bonds. The molecule has 1 N–H and O–H groups in total. The fraction of sp³-hybridized carbons (Fsp3) is 0.286. The summed E-state index contributed by atoms with van der Waals surface area (Å²) in [6.45, 7) is 2.87. The Labute approximate surface area is 115 Å². The zero-order valence-electron chi connectivity index (χ0n) is 11.0. The van der Waals surface area contributed by atoms with Crippen molar-refractivity contribution < 1.29 is 19.0 Å². The molecule has 0 aliphatic rings. The second-order valence-electron chi connectivity index (χ2n) is 4.34. The molecule has 1 aromatic carbocycles. The van der Waals surface area contributed by atoms with Crippen LogP contribution in [-0.4, -0.2) is 20.9 Å². The van der Waals surface area contributed by atoms with Crippen LogP contribution in [0.15, 0.2) is 30.6 Å². The van der Waals surface area contributed by atoms with Gasteiger partial charge >= 0.3 is 5.97 Å². The van der Waals surface area contributed by atoms with Gasteiger partial charge in [-0.1, -0.05) is 13.0 Å². The SMILES string of the molecule is CCCn1cc(OCc2ccc(C(=O)O)cc2F)cn1. The predicted octanol–water partition coefficient (Wildman–Crippen LogP) is 2.71. The zero-order valence-corrected chi connectivity index (χ0v) is 11.0. The van der Waals surface area contributed by atoms with E-state index in [1.54, 1.807) is 17.1 Å². The Balaban J connectivity index is 2.01. The summed E-state index contributed by atoms with van der Waals surface area (Å²) in [7, 11) is 0. The van der Waals surface area contributed by atoms with Crippen molar-refractivity contribution in [2.75, 3.05) is 0 Å². The van der Waals surface area contributed by atoms with Crippen molar-refractivity contribution in [3.05, 3.63) is 47.5 Å². The van der Waals surface area contributed by atoms with Crippen molar-refractivity contribution in [3.8, 4) is 5.75 Å². The first-order valence-electron chi connectivity index (χ1n) is 6.27. The molecular weight excluding hydrogens is 263 g/mol. The smallest absolute Gasteiger partial charge is 0.335 e. The van der Waals surface area contributed by atoms with Crippen LogP contribution in [-0.2, 0) is 13.2 Å². The third kappa shape index (κ3) is 3.34. The van der Waals surface area contributed by atoms with Crippen LogP contribution < -0.4 is 4.74 Å². The van der Waals surface area contributed by atoms with E-state index in [-0.39, 0.29) is 12.2 Å². The third-order valence-corrected chi connectivity index (χ3v) is 2.76. The normalized spacial score (nSPS) is 10.5. The van der Waals surface area contributed by atoms with Crippen LogP contribution in [0.1, 0.15) is 29.3 Å². The van der Waals surface area contributed by atoms with Crippen molar-refractivity contribution in [2.24, 2.45) is 0 Å². The van der Waals surface area contributed by atoms with E-state index in [1.807, 2.05) is 6.92 Å². The Morgan fingerprint density at radius 2 is 2.30 bits per heavy atom. The van der Waals surface area contributed by atoms with Gasteiger partial charge in [0.25, 0.3) is 0 Å². The molecule has 0 spiro atoms. The summed E-state index contributed by atoms with van der Waals surface area (Å²) in [4.78, 5) is 10.7. The third-order valence-electron chi connectivity index (χ3n) is 2.76. The van der Waals surface area contributed by atoms with Crippen molar-refractivity contribution >= 4 is 5.97 Å². The molecule has 6 heteroatoms. The van der Waals surface area contributed by atoms with E-state index in [9.17, 15) is 9.18 Å². The fourth-order valence-corrected chi connectivity index (χ4v) is 1.73. The maximum Gasteiger partial charge on any atom is 0.335 e. The van der Waals surface area contributed by atoms with E-state index in [0.717, 1.165) is 19.0 Å². The lowest BCUT2D eigenvalue weighted by atomic mass is 10.1. The summed E-state index contributed by atoms with van der Waals surface area (Å²) in [5.74, 6) is -1.19. The van der Waals surface area contributed by atoms with Gasteiger partial charge in [-0.3, -0.25) is 4.68 Å². The number of aromatic nitrogens is 2. The molecule has 0 radical (unpaired) electrons. The lowest BCUT2D eigenvalue weighted by Gasteiger charge is -2.05. The minimum absolute atomic E-state index is 0.0313. The molecule has 5 nitrogen and oxygen atoms in total. The molecule has 0 fully saturated rings. The number of carbonyl (C=O) groups is 1. The average Bonchev–Trinajstić information content (AvgIpc) is 2.85. The molecular formula is C14H15FN2O3. The molecule has 0 saturated heterocycles. The Morgan fingerprint density at radius 3 is 2.95 bits per heavy atom. The molecule has 1 heterocycles. The largest absolute Gasteiger partial charge is 0.486 e. The van der Waals surface area contributed by atoms with Gasteiger partial charge in [-0.05, 0) is 18.6 Å². The van der Waals surface area contributed by atoms with Crippen molar-refractivity contribution in [1.82, 2.24) is 9.78 Å². The molecule has 0 bridgehead atoms. The average molecular weight is 278 g/mol. The molecule has 0 aliphatic carbocycles. The van der Waals surface area contributed by atoms with Gasteiger partial charge in [0.2, 0.25) is 0 Å². The van der Waals surface area contributed by atoms with Crippen molar-refractivity contribution in [2.45, 2.75) is 26.5 Å². The molecule has 2 rings (SSSR count). The molecule has 1 aromatic heterocycles. The first-order valence-corrected chi connectivity index (χ1v) is 6.27. The molecule has 2 aromatic rings. The molecule has 0 atom stereocenters. The van der Waals surface area contributed by atoms with Crippen LogP contribution in [0.4, 0.5) is 4.39 Å². The highest BCUT2D eigenvalue weighted by atomic mass is 19.1. The van der Waals surface area contributed by atoms with Crippen LogP contribution in [0.5, 0.6) is 5.75 Å². The van der Waals surface area contributed by atoms with E-state index >= 15 is 0 Å². The number of carboxylic acid groups (broad SMARTS) is 1. The van der Waals surface area contributed by atoms with Crippen LogP contribution in [0.25, 0.3) is 0 Å². The summed E-state index contributed by atoms with van der Waals surface area (Å²) >= 11 is 0. The van der Waals surface area contributed by atoms with E-state index in [4.69, 9.17) is 9.84 Å². The lowest BCUT2D eigenvalue weighted by Crippen LogP contribution is -2.02. The summed E-state index contributed by atoms with van der Waals surface area (Å²) in [6, 6.07) is 3.75. The quantitative estimate of drug-likeness (QED) is 0.882. The Bertz CT molecular complexity index is 610. The highest BCUT2D eigenvalue weighted by Gasteiger charge is 2.09. The number of hydrogen-bond donors (Lipinski definition) is 1. The number of rotatable bonds is 6. The predicted molar refractivity (Wildman–Crippen MR) is 70.2 cm³/mol. The fourth-order valence-electron chi connectivity index (χ4n) is 1.73. The zero-order chi connectivity index (χ0) is 14.5. The topological polar surface area (TPSA) is 64.3 Å². The van der Waals surface area contributed by atoms with Crippen LogP contribution in [0, 0.1) is 5.82 Å². The van der Waals surface area contributed by atoms with Gasteiger partial charge in [0.15, 0.2) is 5.75 Å². The van der Waals surface area contributed by atoms with E-state index in [1.165, 1.54) is 12.1 Å². The Hall–Kier alpha value is -2.37. The number of hydrogen-bond acceptors (Lipinski definition) is 3. The molecule has 0 saturated carbocycles. The molecule has 0 unspecified atom stereocenters. The van der Waals surface area contributed by atoms with Gasteiger partial charge in [-0.2, -0.15) is 5.10 Å². The standard InChI is InChI=1S/C14H15FN2O3/c1-2-5-17-8-12(7-16-17)20-9-11-4-3-10(14(18)19)6-13(11)15/h3-4,6-8H,2,5,9H2,1H3,(H,18,19). The van der Waals surface area contributed by atoms with Crippen LogP contribution >= 0.6 is 0 Å². The van der Waals surface area contributed by atoms with E-state index < -0.39 is 11.8 Å². The minimum Gasteiger partial charge on any atom is -0.486 e. The van der Waals surface area contributed by atoms with E-state index in [2.05, 4.69) is 5.10 Å². The molecule has 0 aliphatic heterocycles. The van der Waals surface area contributed by atoms with Gasteiger partial charge in [0, 0.05) is 12.1 Å². The highest BCUT2D eigenvalue weighted by molar-refractivity contribution is 5.87. The molecule has 20 heavy (non-hydrogen) atoms. The second-order valence-corrected chi connectivity index (χ2v) is 4.34. The summed E-state index contributed by atoms with van der Waals surface area (Å²) in [5.41, 5.74) is 0.222. The summed E-state index contributed by atoms with van der Waals surface area (Å²) < 4.78 is 20.9. The first kappa shape index (κ1) is 14.0. The number of halogens is 1. The van der Waals surface area contributed by atoms with Gasteiger partial charge < -0.3 is 9.84 Å².